The first-order valence-corrected chi connectivity index (χ1v) is 18.8. The van der Waals surface area contributed by atoms with Crippen LogP contribution in [0.2, 0.25) is 0 Å². The van der Waals surface area contributed by atoms with Gasteiger partial charge in [0.25, 0.3) is 0 Å². The second-order valence-corrected chi connectivity index (χ2v) is 11.9. The highest BCUT2D eigenvalue weighted by atomic mass is 16.6. The van der Waals surface area contributed by atoms with Crippen LogP contribution in [-0.4, -0.2) is 36.4 Å². The van der Waals surface area contributed by atoms with Gasteiger partial charge in [0.15, 0.2) is 6.10 Å². The molecular weight excluding hydrogens is 596 g/mol. The maximum Gasteiger partial charge on any atom is 0.306 e. The van der Waals surface area contributed by atoms with E-state index in [2.05, 4.69) is 111 Å². The van der Waals surface area contributed by atoms with Crippen molar-refractivity contribution in [2.24, 2.45) is 0 Å². The number of carbonyl (C=O) groups is 2. The van der Waals surface area contributed by atoms with Crippen molar-refractivity contribution >= 4 is 11.9 Å². The molecule has 0 aromatic heterocycles. The Morgan fingerprint density at radius 2 is 0.833 bits per heavy atom. The highest BCUT2D eigenvalue weighted by Crippen LogP contribution is 2.10. The summed E-state index contributed by atoms with van der Waals surface area (Å²) < 4.78 is 10.6. The van der Waals surface area contributed by atoms with Crippen LogP contribution < -0.4 is 0 Å². The van der Waals surface area contributed by atoms with E-state index in [0.717, 1.165) is 116 Å². The normalized spacial score (nSPS) is 13.3. The Kier molecular flexibility index (Phi) is 35.7. The van der Waals surface area contributed by atoms with Crippen molar-refractivity contribution in [3.8, 4) is 0 Å². The van der Waals surface area contributed by atoms with Gasteiger partial charge in [0.2, 0.25) is 0 Å². The molecule has 5 heteroatoms. The summed E-state index contributed by atoms with van der Waals surface area (Å²) in [5.41, 5.74) is 0. The summed E-state index contributed by atoms with van der Waals surface area (Å²) in [6.45, 7) is 3.84. The molecule has 1 unspecified atom stereocenters. The zero-order valence-electron chi connectivity index (χ0n) is 30.5. The van der Waals surface area contributed by atoms with Gasteiger partial charge >= 0.3 is 11.9 Å². The average Bonchev–Trinajstić information content (AvgIpc) is 3.09. The number of unbranched alkanes of at least 4 members (excludes halogenated alkanes) is 8. The summed E-state index contributed by atoms with van der Waals surface area (Å²) in [6.07, 6.45) is 53.2. The molecule has 270 valence electrons. The molecule has 0 amide bonds. The van der Waals surface area contributed by atoms with E-state index in [0.29, 0.717) is 12.8 Å². The van der Waals surface area contributed by atoms with E-state index in [1.54, 1.807) is 0 Å². The monoisotopic (exact) mass is 665 g/mol. The number of esters is 2. The molecule has 0 saturated carbocycles. The van der Waals surface area contributed by atoms with Crippen molar-refractivity contribution in [2.75, 3.05) is 13.2 Å². The van der Waals surface area contributed by atoms with Gasteiger partial charge in [-0.1, -0.05) is 137 Å². The summed E-state index contributed by atoms with van der Waals surface area (Å²) in [6, 6.07) is 0. The zero-order chi connectivity index (χ0) is 35.0. The fourth-order valence-electron chi connectivity index (χ4n) is 4.59. The Morgan fingerprint density at radius 3 is 1.23 bits per heavy atom. The summed E-state index contributed by atoms with van der Waals surface area (Å²) in [7, 11) is 0. The Labute approximate surface area is 294 Å². The number of allylic oxidation sites excluding steroid dienone is 16. The third-order valence-electron chi connectivity index (χ3n) is 7.37. The number of hydrogen-bond donors (Lipinski definition) is 1. The summed E-state index contributed by atoms with van der Waals surface area (Å²) >= 11 is 0. The molecule has 0 fully saturated rings. The molecule has 5 nitrogen and oxygen atoms in total. The maximum absolute atomic E-state index is 12.2. The van der Waals surface area contributed by atoms with E-state index in [-0.39, 0.29) is 25.2 Å². The maximum atomic E-state index is 12.2. The molecule has 0 saturated heterocycles. The van der Waals surface area contributed by atoms with Gasteiger partial charge in [-0.25, -0.2) is 0 Å². The number of aliphatic hydroxyl groups is 1. The van der Waals surface area contributed by atoms with Crippen LogP contribution in [0.25, 0.3) is 0 Å². The lowest BCUT2D eigenvalue weighted by Crippen LogP contribution is -2.28. The van der Waals surface area contributed by atoms with Crippen LogP contribution in [0.1, 0.15) is 142 Å². The standard InChI is InChI=1S/C43H68O5/c1-3-5-7-9-11-13-15-17-19-21-23-25-27-29-31-33-35-37-42(45)47-40-41(39-44)48-43(46)38-36-34-32-30-28-26-24-22-20-18-16-14-12-10-8-6-4-2/h5-8,11-14,17-20,23-26,41,44H,3-4,9-10,15-16,21-22,27-40H2,1-2H3. The summed E-state index contributed by atoms with van der Waals surface area (Å²) in [4.78, 5) is 24.2. The number of carbonyl (C=O) groups excluding carboxylic acids is 2. The van der Waals surface area contributed by atoms with Crippen LogP contribution in [0.5, 0.6) is 0 Å². The van der Waals surface area contributed by atoms with Gasteiger partial charge in [-0.3, -0.25) is 9.59 Å². The Balaban J connectivity index is 3.71. The fourth-order valence-corrected chi connectivity index (χ4v) is 4.59. The van der Waals surface area contributed by atoms with Gasteiger partial charge in [0.05, 0.1) is 6.61 Å². The Hall–Kier alpha value is -3.18. The molecular formula is C43H68O5. The van der Waals surface area contributed by atoms with Crippen molar-refractivity contribution in [3.63, 3.8) is 0 Å². The minimum absolute atomic E-state index is 0.0955. The molecule has 1 N–H and O–H groups in total. The molecule has 0 radical (unpaired) electrons. The lowest BCUT2D eigenvalue weighted by atomic mass is 10.1. The largest absolute Gasteiger partial charge is 0.462 e. The molecule has 48 heavy (non-hydrogen) atoms. The smallest absolute Gasteiger partial charge is 0.306 e. The average molecular weight is 665 g/mol. The minimum atomic E-state index is -0.800. The molecule has 0 aliphatic heterocycles. The van der Waals surface area contributed by atoms with E-state index in [1.807, 2.05) is 0 Å². The quantitative estimate of drug-likeness (QED) is 0.0440. The van der Waals surface area contributed by atoms with Crippen LogP contribution >= 0.6 is 0 Å². The minimum Gasteiger partial charge on any atom is -0.462 e. The predicted molar refractivity (Wildman–Crippen MR) is 205 cm³/mol. The fraction of sp³-hybridized carbons (Fsp3) is 0.581. The molecule has 0 spiro atoms. The van der Waals surface area contributed by atoms with Crippen LogP contribution in [0, 0.1) is 0 Å². The second-order valence-electron chi connectivity index (χ2n) is 11.9. The highest BCUT2D eigenvalue weighted by Gasteiger charge is 2.16. The number of aliphatic hydroxyl groups excluding tert-OH is 1. The predicted octanol–water partition coefficient (Wildman–Crippen LogP) is 11.7. The van der Waals surface area contributed by atoms with Crippen LogP contribution in [0.3, 0.4) is 0 Å². The van der Waals surface area contributed by atoms with Gasteiger partial charge in [0, 0.05) is 12.8 Å². The van der Waals surface area contributed by atoms with E-state index in [4.69, 9.17) is 9.47 Å². The third-order valence-corrected chi connectivity index (χ3v) is 7.37. The van der Waals surface area contributed by atoms with Gasteiger partial charge in [0.1, 0.15) is 6.61 Å². The Bertz CT molecular complexity index is 979. The molecule has 0 aliphatic carbocycles. The van der Waals surface area contributed by atoms with E-state index < -0.39 is 6.10 Å². The van der Waals surface area contributed by atoms with Gasteiger partial charge in [-0.2, -0.15) is 0 Å². The Morgan fingerprint density at radius 1 is 0.479 bits per heavy atom. The van der Waals surface area contributed by atoms with Crippen LogP contribution in [0.4, 0.5) is 0 Å². The molecule has 0 heterocycles. The van der Waals surface area contributed by atoms with E-state index in [9.17, 15) is 14.7 Å². The van der Waals surface area contributed by atoms with Crippen LogP contribution in [-0.2, 0) is 19.1 Å². The first-order chi connectivity index (χ1) is 23.6. The molecule has 0 rings (SSSR count). The highest BCUT2D eigenvalue weighted by molar-refractivity contribution is 5.70. The molecule has 0 bridgehead atoms. The number of hydrogen-bond acceptors (Lipinski definition) is 5. The topological polar surface area (TPSA) is 72.8 Å². The summed E-state index contributed by atoms with van der Waals surface area (Å²) in [5.74, 6) is -0.658. The lowest BCUT2D eigenvalue weighted by Gasteiger charge is -2.15. The zero-order valence-corrected chi connectivity index (χ0v) is 30.5. The van der Waals surface area contributed by atoms with Gasteiger partial charge < -0.3 is 14.6 Å². The van der Waals surface area contributed by atoms with E-state index >= 15 is 0 Å². The molecule has 0 aliphatic rings. The number of ether oxygens (including phenoxy) is 2. The molecule has 0 aromatic carbocycles. The van der Waals surface area contributed by atoms with Crippen LogP contribution in [0.15, 0.2) is 97.2 Å². The first-order valence-electron chi connectivity index (χ1n) is 18.8. The SMILES string of the molecule is CCC=CCC=CCC=CCC=CCCCCCCC(=O)OCC(CO)OC(=O)CCCCCCC=CCC=CCC=CCC=CCC. The van der Waals surface area contributed by atoms with Crippen molar-refractivity contribution in [2.45, 2.75) is 148 Å². The number of rotatable bonds is 32. The van der Waals surface area contributed by atoms with Gasteiger partial charge in [-0.05, 0) is 89.9 Å². The van der Waals surface area contributed by atoms with Crippen molar-refractivity contribution < 1.29 is 24.2 Å². The third kappa shape index (κ3) is 35.7. The molecule has 0 aromatic rings. The van der Waals surface area contributed by atoms with E-state index in [1.165, 1.54) is 0 Å². The lowest BCUT2D eigenvalue weighted by molar-refractivity contribution is -0.161. The summed E-state index contributed by atoms with van der Waals surface area (Å²) in [5, 5.41) is 9.54. The van der Waals surface area contributed by atoms with Gasteiger partial charge in [-0.15, -0.1) is 0 Å². The first kappa shape index (κ1) is 44.8. The second kappa shape index (κ2) is 38.3. The molecule has 1 atom stereocenters. The van der Waals surface area contributed by atoms with Crippen molar-refractivity contribution in [1.82, 2.24) is 0 Å². The van der Waals surface area contributed by atoms with Crippen molar-refractivity contribution in [3.05, 3.63) is 97.2 Å². The van der Waals surface area contributed by atoms with Crippen molar-refractivity contribution in [1.29, 1.82) is 0 Å².